The number of aromatic nitrogens is 1. The van der Waals surface area contributed by atoms with Crippen molar-refractivity contribution in [2.24, 2.45) is 0 Å². The highest BCUT2D eigenvalue weighted by Gasteiger charge is 2.13. The molecule has 0 radical (unpaired) electrons. The molecular weight excluding hydrogens is 318 g/mol. The highest BCUT2D eigenvalue weighted by atomic mass is 35.5. The monoisotopic (exact) mass is 337 g/mol. The average molecular weight is 338 g/mol. The van der Waals surface area contributed by atoms with Gasteiger partial charge in [-0.2, -0.15) is 0 Å². The van der Waals surface area contributed by atoms with Gasteiger partial charge in [-0.25, -0.2) is 0 Å². The molecule has 0 bridgehead atoms. The molecule has 1 aromatic heterocycles. The molecule has 0 aliphatic carbocycles. The molecule has 0 spiro atoms. The van der Waals surface area contributed by atoms with E-state index in [0.29, 0.717) is 29.6 Å². The molecule has 0 saturated carbocycles. The molecule has 2 aromatic rings. The fourth-order valence-electron chi connectivity index (χ4n) is 2.24. The molecule has 1 heterocycles. The van der Waals surface area contributed by atoms with Gasteiger partial charge < -0.3 is 14.0 Å². The van der Waals surface area contributed by atoms with Gasteiger partial charge in [0.05, 0.1) is 25.0 Å². The maximum atomic E-state index is 11.3. The molecule has 0 amide bonds. The van der Waals surface area contributed by atoms with Crippen LogP contribution < -0.4 is 4.74 Å². The number of benzene rings is 1. The fraction of sp³-hybridized carbons (Fsp3) is 0.412. The van der Waals surface area contributed by atoms with Crippen LogP contribution in [0.25, 0.3) is 11.3 Å². The van der Waals surface area contributed by atoms with E-state index >= 15 is 0 Å². The highest BCUT2D eigenvalue weighted by Crippen LogP contribution is 2.33. The number of nitrogens with zero attached hydrogens (tertiary/aromatic N) is 1. The van der Waals surface area contributed by atoms with Crippen molar-refractivity contribution in [3.8, 4) is 17.1 Å². The number of hydrogen-bond donors (Lipinski definition) is 0. The number of carbonyl (C=O) groups excluding carboxylic acids is 1. The Balaban J connectivity index is 1.93. The third kappa shape index (κ3) is 4.99. The number of unbranched alkanes of at least 4 members (excludes halogenated alkanes) is 1. The molecule has 1 aromatic carbocycles. The van der Waals surface area contributed by atoms with Gasteiger partial charge in [0.15, 0.2) is 5.76 Å². The van der Waals surface area contributed by atoms with Crippen LogP contribution in [0.4, 0.5) is 0 Å². The number of carbonyl (C=O) groups is 1. The maximum absolute atomic E-state index is 11.3. The van der Waals surface area contributed by atoms with Gasteiger partial charge in [-0.3, -0.25) is 4.79 Å². The molecule has 0 unspecified atom stereocenters. The first kappa shape index (κ1) is 17.3. The minimum Gasteiger partial charge on any atom is -0.496 e. The summed E-state index contributed by atoms with van der Waals surface area (Å²) in [6.45, 7) is 2.23. The molecule has 6 heteroatoms. The van der Waals surface area contributed by atoms with Gasteiger partial charge in [-0.1, -0.05) is 16.8 Å². The first-order chi connectivity index (χ1) is 11.1. The lowest BCUT2D eigenvalue weighted by molar-refractivity contribution is -0.143. The zero-order valence-corrected chi connectivity index (χ0v) is 14.1. The molecule has 23 heavy (non-hydrogen) atoms. The summed E-state index contributed by atoms with van der Waals surface area (Å²) in [5.74, 6) is 1.14. The normalized spacial score (nSPS) is 10.6. The van der Waals surface area contributed by atoms with E-state index in [1.54, 1.807) is 32.2 Å². The zero-order chi connectivity index (χ0) is 16.7. The van der Waals surface area contributed by atoms with Crippen molar-refractivity contribution in [2.45, 2.75) is 32.6 Å². The van der Waals surface area contributed by atoms with Crippen LogP contribution in [0.1, 0.15) is 31.9 Å². The lowest BCUT2D eigenvalue weighted by Gasteiger charge is -2.05. The lowest BCUT2D eigenvalue weighted by Crippen LogP contribution is -2.03. The predicted molar refractivity (Wildman–Crippen MR) is 87.7 cm³/mol. The second kappa shape index (κ2) is 8.58. The predicted octanol–water partition coefficient (Wildman–Crippen LogP) is 4.28. The van der Waals surface area contributed by atoms with E-state index in [0.717, 1.165) is 30.5 Å². The van der Waals surface area contributed by atoms with Crippen LogP contribution in [-0.2, 0) is 16.0 Å². The maximum Gasteiger partial charge on any atom is 0.305 e. The second-order valence-corrected chi connectivity index (χ2v) is 5.48. The van der Waals surface area contributed by atoms with Gasteiger partial charge in [0.2, 0.25) is 0 Å². The summed E-state index contributed by atoms with van der Waals surface area (Å²) in [4.78, 5) is 11.3. The Morgan fingerprint density at radius 2 is 2.13 bits per heavy atom. The molecule has 5 nitrogen and oxygen atoms in total. The standard InChI is InChI=1S/C17H20ClNO4/c1-3-22-17(20)7-5-4-6-13-11-16(23-19-13)14-10-12(18)8-9-15(14)21-2/h8-11H,3-7H2,1-2H3. The van der Waals surface area contributed by atoms with Gasteiger partial charge in [0.1, 0.15) is 5.75 Å². The van der Waals surface area contributed by atoms with Crippen molar-refractivity contribution in [1.29, 1.82) is 0 Å². The van der Waals surface area contributed by atoms with Crippen molar-refractivity contribution in [3.05, 3.63) is 35.0 Å². The summed E-state index contributed by atoms with van der Waals surface area (Å²) < 4.78 is 15.6. The van der Waals surface area contributed by atoms with Crippen molar-refractivity contribution < 1.29 is 18.8 Å². The van der Waals surface area contributed by atoms with Crippen molar-refractivity contribution in [2.75, 3.05) is 13.7 Å². The van der Waals surface area contributed by atoms with Crippen molar-refractivity contribution in [3.63, 3.8) is 0 Å². The summed E-state index contributed by atoms with van der Waals surface area (Å²) in [6, 6.07) is 7.21. The van der Waals surface area contributed by atoms with Gasteiger partial charge >= 0.3 is 5.97 Å². The minimum atomic E-state index is -0.156. The molecular formula is C17H20ClNO4. The van der Waals surface area contributed by atoms with Gasteiger partial charge in [0.25, 0.3) is 0 Å². The first-order valence-corrected chi connectivity index (χ1v) is 7.97. The van der Waals surface area contributed by atoms with E-state index in [1.165, 1.54) is 0 Å². The Kier molecular flexibility index (Phi) is 6.47. The van der Waals surface area contributed by atoms with E-state index in [9.17, 15) is 4.79 Å². The summed E-state index contributed by atoms with van der Waals surface area (Å²) in [6.07, 6.45) is 2.78. The highest BCUT2D eigenvalue weighted by molar-refractivity contribution is 6.30. The topological polar surface area (TPSA) is 61.6 Å². The number of methoxy groups -OCH3 is 1. The molecule has 2 rings (SSSR count). The van der Waals surface area contributed by atoms with Gasteiger partial charge in [-0.15, -0.1) is 0 Å². The number of rotatable bonds is 8. The van der Waals surface area contributed by atoms with Crippen LogP contribution in [0.5, 0.6) is 5.75 Å². The van der Waals surface area contributed by atoms with Crippen molar-refractivity contribution in [1.82, 2.24) is 5.16 Å². The molecule has 124 valence electrons. The van der Waals surface area contributed by atoms with E-state index in [4.69, 9.17) is 25.6 Å². The van der Waals surface area contributed by atoms with Crippen LogP contribution >= 0.6 is 11.6 Å². The lowest BCUT2D eigenvalue weighted by atomic mass is 10.1. The summed E-state index contributed by atoms with van der Waals surface area (Å²) in [7, 11) is 1.60. The summed E-state index contributed by atoms with van der Waals surface area (Å²) in [5, 5.41) is 4.67. The number of hydrogen-bond acceptors (Lipinski definition) is 5. The minimum absolute atomic E-state index is 0.156. The van der Waals surface area contributed by atoms with Crippen LogP contribution in [-0.4, -0.2) is 24.8 Å². The van der Waals surface area contributed by atoms with Gasteiger partial charge in [-0.05, 0) is 44.4 Å². The third-order valence-corrected chi connectivity index (χ3v) is 3.59. The Hall–Kier alpha value is -2.01. The molecule has 0 atom stereocenters. The van der Waals surface area contributed by atoms with Crippen molar-refractivity contribution >= 4 is 17.6 Å². The molecule has 0 aliphatic heterocycles. The molecule has 0 saturated heterocycles. The Labute approximate surface area is 140 Å². The summed E-state index contributed by atoms with van der Waals surface area (Å²) >= 11 is 6.03. The number of halogens is 1. The molecule has 0 N–H and O–H groups in total. The quantitative estimate of drug-likeness (QED) is 0.531. The van der Waals surface area contributed by atoms with Crippen LogP contribution in [0.15, 0.2) is 28.8 Å². The Morgan fingerprint density at radius 3 is 2.87 bits per heavy atom. The molecule has 0 aliphatic rings. The second-order valence-electron chi connectivity index (χ2n) is 5.04. The number of esters is 1. The van der Waals surface area contributed by atoms with Gasteiger partial charge in [0, 0.05) is 17.5 Å². The first-order valence-electron chi connectivity index (χ1n) is 7.59. The van der Waals surface area contributed by atoms with E-state index in [-0.39, 0.29) is 5.97 Å². The van der Waals surface area contributed by atoms with Crippen LogP contribution in [0, 0.1) is 0 Å². The fourth-order valence-corrected chi connectivity index (χ4v) is 2.41. The summed E-state index contributed by atoms with van der Waals surface area (Å²) in [5.41, 5.74) is 1.61. The number of ether oxygens (including phenoxy) is 2. The van der Waals surface area contributed by atoms with E-state index in [1.807, 2.05) is 6.07 Å². The molecule has 0 fully saturated rings. The van der Waals surface area contributed by atoms with E-state index in [2.05, 4.69) is 5.16 Å². The van der Waals surface area contributed by atoms with Crippen LogP contribution in [0.2, 0.25) is 5.02 Å². The Morgan fingerprint density at radius 1 is 1.30 bits per heavy atom. The third-order valence-electron chi connectivity index (χ3n) is 3.36. The largest absolute Gasteiger partial charge is 0.496 e. The SMILES string of the molecule is CCOC(=O)CCCCc1cc(-c2cc(Cl)ccc2OC)on1. The average Bonchev–Trinajstić information content (AvgIpc) is 3.00. The van der Waals surface area contributed by atoms with E-state index < -0.39 is 0 Å². The Bertz CT molecular complexity index is 654. The number of aryl methyl sites for hydroxylation is 1. The zero-order valence-electron chi connectivity index (χ0n) is 13.3. The smallest absolute Gasteiger partial charge is 0.305 e. The van der Waals surface area contributed by atoms with Crippen LogP contribution in [0.3, 0.4) is 0 Å².